The predicted octanol–water partition coefficient (Wildman–Crippen LogP) is 3.47. The third-order valence-corrected chi connectivity index (χ3v) is 2.58. The molecule has 0 aliphatic carbocycles. The lowest BCUT2D eigenvalue weighted by atomic mass is 10.2. The Morgan fingerprint density at radius 1 is 1.25 bits per heavy atom. The summed E-state index contributed by atoms with van der Waals surface area (Å²) in [5, 5.41) is 3.05. The van der Waals surface area contributed by atoms with E-state index in [0.29, 0.717) is 6.42 Å². The van der Waals surface area contributed by atoms with E-state index in [1.54, 1.807) is 0 Å². The number of alkyl halides is 1. The predicted molar refractivity (Wildman–Crippen MR) is 62.6 cm³/mol. The van der Waals surface area contributed by atoms with Crippen LogP contribution < -0.4 is 5.32 Å². The number of nitrogens with one attached hydrogen (secondary N) is 1. The lowest BCUT2D eigenvalue weighted by Gasteiger charge is -2.06. The average molecular weight is 292 g/mol. The van der Waals surface area contributed by atoms with E-state index in [4.69, 9.17) is 0 Å². The van der Waals surface area contributed by atoms with Crippen LogP contribution in [0.1, 0.15) is 19.3 Å². The monoisotopic (exact) mass is 291 g/mol. The molecule has 1 N–H and O–H groups in total. The fraction of sp³-hybridized carbons (Fsp3) is 0.364. The molecule has 0 saturated carbocycles. The standard InChI is InChI=1S/C11H12BrF2NO/c12-7-2-1-6-10(16)15-11-8(13)4-3-5-9(11)14/h3-5H,1-2,6-7H2,(H,15,16). The summed E-state index contributed by atoms with van der Waals surface area (Å²) in [4.78, 5) is 11.3. The van der Waals surface area contributed by atoms with Gasteiger partial charge in [-0.2, -0.15) is 0 Å². The smallest absolute Gasteiger partial charge is 0.224 e. The van der Waals surface area contributed by atoms with E-state index in [-0.39, 0.29) is 18.0 Å². The number of carbonyl (C=O) groups is 1. The highest BCUT2D eigenvalue weighted by Gasteiger charge is 2.11. The van der Waals surface area contributed by atoms with Gasteiger partial charge in [0.15, 0.2) is 0 Å². The van der Waals surface area contributed by atoms with Crippen LogP contribution in [0.3, 0.4) is 0 Å². The summed E-state index contributed by atoms with van der Waals surface area (Å²) >= 11 is 3.24. The van der Waals surface area contributed by atoms with Crippen molar-refractivity contribution in [3.63, 3.8) is 0 Å². The third kappa shape index (κ3) is 3.89. The van der Waals surface area contributed by atoms with Crippen LogP contribution in [0.5, 0.6) is 0 Å². The molecule has 88 valence electrons. The Bertz CT molecular complexity index is 351. The fourth-order valence-corrected chi connectivity index (χ4v) is 1.60. The fourth-order valence-electron chi connectivity index (χ4n) is 1.20. The Kier molecular flexibility index (Phi) is 5.38. The van der Waals surface area contributed by atoms with Gasteiger partial charge < -0.3 is 5.32 Å². The molecule has 1 rings (SSSR count). The summed E-state index contributed by atoms with van der Waals surface area (Å²) in [6.45, 7) is 0. The van der Waals surface area contributed by atoms with Crippen molar-refractivity contribution in [2.45, 2.75) is 19.3 Å². The number of hydrogen-bond donors (Lipinski definition) is 1. The SMILES string of the molecule is O=C(CCCCBr)Nc1c(F)cccc1F. The van der Waals surface area contributed by atoms with Gasteiger partial charge in [0.2, 0.25) is 5.91 Å². The molecule has 1 amide bonds. The maximum absolute atomic E-state index is 13.1. The highest BCUT2D eigenvalue weighted by atomic mass is 79.9. The van der Waals surface area contributed by atoms with Gasteiger partial charge in [-0.05, 0) is 25.0 Å². The molecule has 0 radical (unpaired) electrons. The van der Waals surface area contributed by atoms with Crippen LogP contribution in [-0.2, 0) is 4.79 Å². The summed E-state index contributed by atoms with van der Waals surface area (Å²) in [5.41, 5.74) is -0.369. The normalized spacial score (nSPS) is 10.2. The molecule has 0 heterocycles. The second-order valence-corrected chi connectivity index (χ2v) is 4.08. The van der Waals surface area contributed by atoms with Gasteiger partial charge in [-0.15, -0.1) is 0 Å². The van der Waals surface area contributed by atoms with Crippen molar-refractivity contribution in [3.05, 3.63) is 29.8 Å². The zero-order chi connectivity index (χ0) is 12.0. The van der Waals surface area contributed by atoms with Crippen molar-refractivity contribution in [3.8, 4) is 0 Å². The summed E-state index contributed by atoms with van der Waals surface area (Å²) in [7, 11) is 0. The molecule has 0 atom stereocenters. The highest BCUT2D eigenvalue weighted by molar-refractivity contribution is 9.09. The van der Waals surface area contributed by atoms with Crippen LogP contribution >= 0.6 is 15.9 Å². The van der Waals surface area contributed by atoms with Crippen LogP contribution in [0, 0.1) is 11.6 Å². The summed E-state index contributed by atoms with van der Waals surface area (Å²) in [5.74, 6) is -1.88. The summed E-state index contributed by atoms with van der Waals surface area (Å²) in [6, 6.07) is 3.47. The molecule has 0 aromatic heterocycles. The van der Waals surface area contributed by atoms with Gasteiger partial charge in [-0.25, -0.2) is 8.78 Å². The maximum atomic E-state index is 13.1. The maximum Gasteiger partial charge on any atom is 0.224 e. The molecule has 0 unspecified atom stereocenters. The molecule has 16 heavy (non-hydrogen) atoms. The molecule has 0 spiro atoms. The number of unbranched alkanes of at least 4 members (excludes halogenated alkanes) is 1. The van der Waals surface area contributed by atoms with Crippen LogP contribution in [0.15, 0.2) is 18.2 Å². The number of rotatable bonds is 5. The van der Waals surface area contributed by atoms with E-state index in [0.717, 1.165) is 23.9 Å². The Morgan fingerprint density at radius 2 is 1.88 bits per heavy atom. The zero-order valence-corrected chi connectivity index (χ0v) is 10.2. The van der Waals surface area contributed by atoms with Crippen molar-refractivity contribution in [1.82, 2.24) is 0 Å². The van der Waals surface area contributed by atoms with Crippen molar-refractivity contribution in [2.24, 2.45) is 0 Å². The summed E-state index contributed by atoms with van der Waals surface area (Å²) < 4.78 is 26.3. The first kappa shape index (κ1) is 13.1. The van der Waals surface area contributed by atoms with E-state index in [2.05, 4.69) is 21.2 Å². The van der Waals surface area contributed by atoms with Crippen molar-refractivity contribution < 1.29 is 13.6 Å². The van der Waals surface area contributed by atoms with E-state index >= 15 is 0 Å². The Morgan fingerprint density at radius 3 is 2.44 bits per heavy atom. The van der Waals surface area contributed by atoms with E-state index in [9.17, 15) is 13.6 Å². The van der Waals surface area contributed by atoms with Crippen LogP contribution in [0.25, 0.3) is 0 Å². The first-order valence-electron chi connectivity index (χ1n) is 4.95. The Balaban J connectivity index is 2.56. The molecular formula is C11H12BrF2NO. The van der Waals surface area contributed by atoms with Crippen molar-refractivity contribution in [2.75, 3.05) is 10.6 Å². The van der Waals surface area contributed by atoms with Crippen LogP contribution in [0.4, 0.5) is 14.5 Å². The van der Waals surface area contributed by atoms with Gasteiger partial charge in [0.05, 0.1) is 0 Å². The minimum absolute atomic E-state index is 0.263. The van der Waals surface area contributed by atoms with Gasteiger partial charge in [0, 0.05) is 11.8 Å². The minimum Gasteiger partial charge on any atom is -0.321 e. The lowest BCUT2D eigenvalue weighted by Crippen LogP contribution is -2.13. The molecule has 0 saturated heterocycles. The van der Waals surface area contributed by atoms with E-state index in [1.165, 1.54) is 6.07 Å². The third-order valence-electron chi connectivity index (χ3n) is 2.01. The molecular weight excluding hydrogens is 280 g/mol. The van der Waals surface area contributed by atoms with Crippen molar-refractivity contribution in [1.29, 1.82) is 0 Å². The molecule has 1 aromatic rings. The quantitative estimate of drug-likeness (QED) is 0.653. The number of carbonyl (C=O) groups excluding carboxylic acids is 1. The zero-order valence-electron chi connectivity index (χ0n) is 8.60. The van der Waals surface area contributed by atoms with E-state index < -0.39 is 11.6 Å². The first-order valence-corrected chi connectivity index (χ1v) is 6.07. The molecule has 0 fully saturated rings. The number of amides is 1. The molecule has 2 nitrogen and oxygen atoms in total. The van der Waals surface area contributed by atoms with Gasteiger partial charge >= 0.3 is 0 Å². The number of para-hydroxylation sites is 1. The molecule has 1 aromatic carbocycles. The van der Waals surface area contributed by atoms with Gasteiger partial charge in [0.1, 0.15) is 17.3 Å². The molecule has 0 aliphatic heterocycles. The minimum atomic E-state index is -0.756. The van der Waals surface area contributed by atoms with Crippen LogP contribution in [0.2, 0.25) is 0 Å². The van der Waals surface area contributed by atoms with Crippen molar-refractivity contribution >= 4 is 27.5 Å². The van der Waals surface area contributed by atoms with Gasteiger partial charge in [0.25, 0.3) is 0 Å². The topological polar surface area (TPSA) is 29.1 Å². The Hall–Kier alpha value is -0.970. The van der Waals surface area contributed by atoms with Crippen LogP contribution in [-0.4, -0.2) is 11.2 Å². The second-order valence-electron chi connectivity index (χ2n) is 3.29. The number of halogens is 3. The number of anilines is 1. The lowest BCUT2D eigenvalue weighted by molar-refractivity contribution is -0.116. The highest BCUT2D eigenvalue weighted by Crippen LogP contribution is 2.18. The van der Waals surface area contributed by atoms with Gasteiger partial charge in [-0.3, -0.25) is 4.79 Å². The number of hydrogen-bond acceptors (Lipinski definition) is 1. The largest absolute Gasteiger partial charge is 0.321 e. The molecule has 5 heteroatoms. The molecule has 0 bridgehead atoms. The second kappa shape index (κ2) is 6.58. The van der Waals surface area contributed by atoms with Gasteiger partial charge in [-0.1, -0.05) is 22.0 Å². The first-order chi connectivity index (χ1) is 7.65. The molecule has 0 aliphatic rings. The number of benzene rings is 1. The Labute approximate surface area is 101 Å². The van der Waals surface area contributed by atoms with E-state index in [1.807, 2.05) is 0 Å². The summed E-state index contributed by atoms with van der Waals surface area (Å²) in [6.07, 6.45) is 1.81. The average Bonchev–Trinajstić information content (AvgIpc) is 2.24.